The first-order chi connectivity index (χ1) is 7.72. The summed E-state index contributed by atoms with van der Waals surface area (Å²) in [4.78, 5) is 26.8. The maximum absolute atomic E-state index is 11.8. The summed E-state index contributed by atoms with van der Waals surface area (Å²) < 4.78 is 0. The molecule has 1 atom stereocenters. The summed E-state index contributed by atoms with van der Waals surface area (Å²) in [6, 6.07) is 0.173. The van der Waals surface area contributed by atoms with E-state index in [0.717, 1.165) is 0 Å². The van der Waals surface area contributed by atoms with Crippen molar-refractivity contribution >= 4 is 11.9 Å². The fraction of sp³-hybridized carbons (Fsp3) is 0.800. The van der Waals surface area contributed by atoms with E-state index < -0.39 is 0 Å². The molecule has 0 aromatic rings. The minimum absolute atomic E-state index is 0.00678. The van der Waals surface area contributed by atoms with Gasteiger partial charge in [-0.15, -0.1) is 0 Å². The van der Waals surface area contributed by atoms with E-state index >= 15 is 0 Å². The van der Waals surface area contributed by atoms with Gasteiger partial charge in [0, 0.05) is 39.1 Å². The average molecular weight is 226 g/mol. The van der Waals surface area contributed by atoms with Gasteiger partial charge in [0.2, 0.25) is 5.91 Å². The van der Waals surface area contributed by atoms with Crippen LogP contribution in [0.4, 0.5) is 4.79 Å². The molecule has 0 aromatic carbocycles. The molecule has 2 N–H and O–H groups in total. The number of hydrogen-bond donors (Lipinski definition) is 2. The first-order valence-electron chi connectivity index (χ1n) is 5.69. The van der Waals surface area contributed by atoms with E-state index in [1.54, 1.807) is 0 Å². The number of carbonyl (C=O) groups excluding carboxylic acids is 2. The minimum Gasteiger partial charge on any atom is -0.339 e. The topological polar surface area (TPSA) is 64.7 Å². The van der Waals surface area contributed by atoms with E-state index in [2.05, 4.69) is 10.6 Å². The Bertz CT molecular complexity index is 295. The van der Waals surface area contributed by atoms with Crippen LogP contribution in [0.15, 0.2) is 0 Å². The Morgan fingerprint density at radius 2 is 2.38 bits per heavy atom. The van der Waals surface area contributed by atoms with Gasteiger partial charge in [-0.25, -0.2) is 4.79 Å². The first kappa shape index (κ1) is 11.2. The third kappa shape index (κ3) is 2.11. The number of nitrogens with one attached hydrogen (secondary N) is 2. The second-order valence-electron chi connectivity index (χ2n) is 4.23. The molecular formula is C10H18N4O2. The molecule has 0 bridgehead atoms. The molecule has 90 valence electrons. The van der Waals surface area contributed by atoms with Crippen LogP contribution >= 0.6 is 0 Å². The molecule has 0 aliphatic carbocycles. The van der Waals surface area contributed by atoms with E-state index in [-0.39, 0.29) is 18.0 Å². The van der Waals surface area contributed by atoms with Crippen LogP contribution < -0.4 is 10.6 Å². The van der Waals surface area contributed by atoms with E-state index in [9.17, 15) is 9.59 Å². The lowest BCUT2D eigenvalue weighted by molar-refractivity contribution is -0.133. The molecule has 3 amide bonds. The lowest BCUT2D eigenvalue weighted by atomic mass is 10.2. The van der Waals surface area contributed by atoms with Gasteiger partial charge in [0.05, 0.1) is 6.04 Å². The van der Waals surface area contributed by atoms with Crippen LogP contribution in [-0.4, -0.2) is 67.6 Å². The summed E-state index contributed by atoms with van der Waals surface area (Å²) in [6.07, 6.45) is 0.532. The molecule has 2 aliphatic heterocycles. The molecule has 2 saturated heterocycles. The molecule has 0 spiro atoms. The summed E-state index contributed by atoms with van der Waals surface area (Å²) >= 11 is 0. The second-order valence-corrected chi connectivity index (χ2v) is 4.23. The fourth-order valence-electron chi connectivity index (χ4n) is 2.22. The zero-order valence-electron chi connectivity index (χ0n) is 9.53. The Morgan fingerprint density at radius 3 is 3.12 bits per heavy atom. The highest BCUT2D eigenvalue weighted by atomic mass is 16.2. The molecule has 0 saturated carbocycles. The van der Waals surface area contributed by atoms with Crippen molar-refractivity contribution in [2.45, 2.75) is 12.5 Å². The highest BCUT2D eigenvalue weighted by molar-refractivity contribution is 5.79. The molecule has 2 aliphatic rings. The smallest absolute Gasteiger partial charge is 0.317 e. The number of hydrogen-bond acceptors (Lipinski definition) is 3. The average Bonchev–Trinajstić information content (AvgIpc) is 2.67. The number of amides is 3. The van der Waals surface area contributed by atoms with Crippen molar-refractivity contribution in [3.63, 3.8) is 0 Å². The summed E-state index contributed by atoms with van der Waals surface area (Å²) in [5.74, 6) is 0.174. The molecule has 2 fully saturated rings. The van der Waals surface area contributed by atoms with Gasteiger partial charge in [-0.3, -0.25) is 4.79 Å². The number of urea groups is 1. The van der Waals surface area contributed by atoms with Crippen molar-refractivity contribution in [3.05, 3.63) is 0 Å². The molecule has 2 heterocycles. The molecule has 0 aromatic heterocycles. The molecule has 6 nitrogen and oxygen atoms in total. The van der Waals surface area contributed by atoms with Crippen LogP contribution in [0.25, 0.3) is 0 Å². The summed E-state index contributed by atoms with van der Waals surface area (Å²) in [5.41, 5.74) is 0. The van der Waals surface area contributed by atoms with Crippen LogP contribution in [0.5, 0.6) is 0 Å². The molecule has 1 unspecified atom stereocenters. The second kappa shape index (κ2) is 4.69. The van der Waals surface area contributed by atoms with Gasteiger partial charge in [-0.05, 0) is 7.05 Å². The van der Waals surface area contributed by atoms with Gasteiger partial charge in [-0.1, -0.05) is 0 Å². The van der Waals surface area contributed by atoms with Crippen LogP contribution in [-0.2, 0) is 4.79 Å². The lowest BCUT2D eigenvalue weighted by Gasteiger charge is -2.36. The maximum Gasteiger partial charge on any atom is 0.317 e. The first-order valence-corrected chi connectivity index (χ1v) is 5.69. The third-order valence-corrected chi connectivity index (χ3v) is 3.17. The van der Waals surface area contributed by atoms with Crippen molar-refractivity contribution < 1.29 is 9.59 Å². The molecular weight excluding hydrogens is 208 g/mol. The summed E-state index contributed by atoms with van der Waals surface area (Å²) in [6.45, 7) is 3.35. The SMILES string of the molecule is CNCCC(=O)N1CCN2C(=O)NCC2C1. The van der Waals surface area contributed by atoms with Gasteiger partial charge in [0.1, 0.15) is 0 Å². The van der Waals surface area contributed by atoms with Crippen molar-refractivity contribution in [2.24, 2.45) is 0 Å². The number of carbonyl (C=O) groups is 2. The minimum atomic E-state index is 0.00678. The van der Waals surface area contributed by atoms with Crippen molar-refractivity contribution in [3.8, 4) is 0 Å². The molecule has 16 heavy (non-hydrogen) atoms. The molecule has 2 rings (SSSR count). The van der Waals surface area contributed by atoms with Crippen LogP contribution in [0.3, 0.4) is 0 Å². The summed E-state index contributed by atoms with van der Waals surface area (Å²) in [7, 11) is 1.84. The van der Waals surface area contributed by atoms with Gasteiger partial charge in [-0.2, -0.15) is 0 Å². The monoisotopic (exact) mass is 226 g/mol. The number of fused-ring (bicyclic) bond motifs is 1. The van der Waals surface area contributed by atoms with Crippen molar-refractivity contribution in [1.29, 1.82) is 0 Å². The zero-order chi connectivity index (χ0) is 11.5. The van der Waals surface area contributed by atoms with Crippen LogP contribution in [0.1, 0.15) is 6.42 Å². The number of piperazine rings is 1. The molecule has 0 radical (unpaired) electrons. The van der Waals surface area contributed by atoms with Gasteiger partial charge in [0.15, 0.2) is 0 Å². The Balaban J connectivity index is 1.86. The highest BCUT2D eigenvalue weighted by Gasteiger charge is 2.36. The third-order valence-electron chi connectivity index (χ3n) is 3.17. The Hall–Kier alpha value is -1.30. The van der Waals surface area contributed by atoms with Crippen LogP contribution in [0, 0.1) is 0 Å². The number of rotatable bonds is 3. The predicted octanol–water partition coefficient (Wildman–Crippen LogP) is -1.17. The normalized spacial score (nSPS) is 24.3. The van der Waals surface area contributed by atoms with Gasteiger partial charge >= 0.3 is 6.03 Å². The van der Waals surface area contributed by atoms with Crippen molar-refractivity contribution in [1.82, 2.24) is 20.4 Å². The Kier molecular flexibility index (Phi) is 3.28. The van der Waals surface area contributed by atoms with E-state index in [1.807, 2.05) is 16.8 Å². The standard InChI is InChI=1S/C10H18N4O2/c1-11-3-2-9(15)13-4-5-14-8(7-13)6-12-10(14)16/h8,11H,2-7H2,1H3,(H,12,16). The lowest BCUT2D eigenvalue weighted by Crippen LogP contribution is -2.54. The van der Waals surface area contributed by atoms with E-state index in [4.69, 9.17) is 0 Å². The quantitative estimate of drug-likeness (QED) is 0.637. The summed E-state index contributed by atoms with van der Waals surface area (Å²) in [5, 5.41) is 5.77. The Morgan fingerprint density at radius 1 is 1.56 bits per heavy atom. The van der Waals surface area contributed by atoms with Crippen LogP contribution in [0.2, 0.25) is 0 Å². The zero-order valence-corrected chi connectivity index (χ0v) is 9.53. The van der Waals surface area contributed by atoms with E-state index in [0.29, 0.717) is 39.1 Å². The van der Waals surface area contributed by atoms with Crippen molar-refractivity contribution in [2.75, 3.05) is 39.8 Å². The van der Waals surface area contributed by atoms with E-state index in [1.165, 1.54) is 0 Å². The highest BCUT2D eigenvalue weighted by Crippen LogP contribution is 2.14. The maximum atomic E-state index is 11.8. The van der Waals surface area contributed by atoms with Gasteiger partial charge in [0.25, 0.3) is 0 Å². The predicted molar refractivity (Wildman–Crippen MR) is 59.0 cm³/mol. The largest absolute Gasteiger partial charge is 0.339 e. The molecule has 6 heteroatoms. The Labute approximate surface area is 95.0 Å². The number of nitrogens with zero attached hydrogens (tertiary/aromatic N) is 2. The van der Waals surface area contributed by atoms with Gasteiger partial charge < -0.3 is 20.4 Å². The fourth-order valence-corrected chi connectivity index (χ4v) is 2.22.